The Hall–Kier alpha value is -1.05. The van der Waals surface area contributed by atoms with Crippen LogP contribution in [0.2, 0.25) is 0 Å². The van der Waals surface area contributed by atoms with Crippen molar-refractivity contribution in [1.82, 2.24) is 0 Å². The van der Waals surface area contributed by atoms with Crippen LogP contribution in [0.4, 0.5) is 0 Å². The molecular weight excluding hydrogens is 236 g/mol. The zero-order valence-corrected chi connectivity index (χ0v) is 12.7. The summed E-state index contributed by atoms with van der Waals surface area (Å²) in [6.45, 7) is 8.84. The molecule has 0 heterocycles. The van der Waals surface area contributed by atoms with Crippen LogP contribution in [-0.4, -0.2) is 12.6 Å². The van der Waals surface area contributed by atoms with Gasteiger partial charge >= 0.3 is 5.97 Å². The van der Waals surface area contributed by atoms with Crippen LogP contribution in [0.25, 0.3) is 0 Å². The Morgan fingerprint density at radius 2 is 2.11 bits per heavy atom. The fraction of sp³-hybridized carbons (Fsp3) is 0.706. The van der Waals surface area contributed by atoms with Crippen molar-refractivity contribution < 1.29 is 9.53 Å². The maximum absolute atomic E-state index is 11.7. The summed E-state index contributed by atoms with van der Waals surface area (Å²) in [5.74, 6) is 1.87. The third-order valence-corrected chi connectivity index (χ3v) is 4.79. The molecule has 106 valence electrons. The van der Waals surface area contributed by atoms with Crippen LogP contribution < -0.4 is 0 Å². The Bertz CT molecular complexity index is 417. The lowest BCUT2D eigenvalue weighted by Gasteiger charge is -2.34. The second kappa shape index (κ2) is 5.94. The highest BCUT2D eigenvalue weighted by atomic mass is 16.5. The molecule has 0 saturated heterocycles. The van der Waals surface area contributed by atoms with Crippen LogP contribution >= 0.6 is 0 Å². The predicted molar refractivity (Wildman–Crippen MR) is 77.7 cm³/mol. The molecule has 3 atom stereocenters. The van der Waals surface area contributed by atoms with Crippen molar-refractivity contribution in [2.24, 2.45) is 17.8 Å². The van der Waals surface area contributed by atoms with Crippen LogP contribution in [0.5, 0.6) is 0 Å². The summed E-state index contributed by atoms with van der Waals surface area (Å²) in [4.78, 5) is 11.7. The lowest BCUT2D eigenvalue weighted by molar-refractivity contribution is -0.138. The van der Waals surface area contributed by atoms with Crippen molar-refractivity contribution in [2.75, 3.05) is 6.61 Å². The van der Waals surface area contributed by atoms with Crippen molar-refractivity contribution in [1.29, 1.82) is 0 Å². The normalized spacial score (nSPS) is 31.4. The van der Waals surface area contributed by atoms with E-state index < -0.39 is 0 Å². The van der Waals surface area contributed by atoms with E-state index in [0.717, 1.165) is 17.4 Å². The molecule has 0 N–H and O–H groups in total. The molecule has 2 aliphatic rings. The summed E-state index contributed by atoms with van der Waals surface area (Å²) in [5.41, 5.74) is 3.96. The number of allylic oxidation sites excluding steroid dienone is 3. The third-order valence-electron chi connectivity index (χ3n) is 4.79. The van der Waals surface area contributed by atoms with Crippen LogP contribution in [-0.2, 0) is 9.53 Å². The van der Waals surface area contributed by atoms with Gasteiger partial charge in [0.05, 0.1) is 6.61 Å². The van der Waals surface area contributed by atoms with Crippen molar-refractivity contribution in [3.63, 3.8) is 0 Å². The molecule has 0 bridgehead atoms. The van der Waals surface area contributed by atoms with E-state index in [1.807, 2.05) is 13.8 Å². The second-order valence-electron chi connectivity index (χ2n) is 6.11. The van der Waals surface area contributed by atoms with Gasteiger partial charge in [-0.2, -0.15) is 0 Å². The zero-order valence-electron chi connectivity index (χ0n) is 12.7. The van der Waals surface area contributed by atoms with Gasteiger partial charge in [0.15, 0.2) is 0 Å². The molecule has 0 aliphatic heterocycles. The molecule has 2 aliphatic carbocycles. The molecule has 0 amide bonds. The molecule has 0 aromatic carbocycles. The van der Waals surface area contributed by atoms with Crippen LogP contribution in [0.3, 0.4) is 0 Å². The minimum Gasteiger partial charge on any atom is -0.463 e. The maximum atomic E-state index is 11.7. The molecule has 0 aromatic rings. The number of carbonyl (C=O) groups excluding carboxylic acids is 1. The fourth-order valence-electron chi connectivity index (χ4n) is 3.76. The van der Waals surface area contributed by atoms with Crippen molar-refractivity contribution in [3.8, 4) is 0 Å². The van der Waals surface area contributed by atoms with Crippen LogP contribution in [0, 0.1) is 17.8 Å². The van der Waals surface area contributed by atoms with Gasteiger partial charge in [-0.15, -0.1) is 0 Å². The number of hydrogen-bond acceptors (Lipinski definition) is 2. The fourth-order valence-corrected chi connectivity index (χ4v) is 3.76. The molecule has 2 heteroatoms. The lowest BCUT2D eigenvalue weighted by Crippen LogP contribution is -2.23. The van der Waals surface area contributed by atoms with Crippen molar-refractivity contribution in [2.45, 2.75) is 53.4 Å². The van der Waals surface area contributed by atoms with Gasteiger partial charge in [0.1, 0.15) is 0 Å². The van der Waals surface area contributed by atoms with E-state index in [2.05, 4.69) is 19.9 Å². The average Bonchev–Trinajstić information content (AvgIpc) is 2.76. The molecule has 1 unspecified atom stereocenters. The molecule has 1 saturated carbocycles. The number of ether oxygens (including phenoxy) is 1. The third kappa shape index (κ3) is 2.93. The van der Waals surface area contributed by atoms with Crippen LogP contribution in [0.15, 0.2) is 22.8 Å². The molecular formula is C17H26O2. The summed E-state index contributed by atoms with van der Waals surface area (Å²) in [6.07, 6.45) is 7.17. The van der Waals surface area contributed by atoms with Gasteiger partial charge in [0, 0.05) is 5.57 Å². The van der Waals surface area contributed by atoms with Gasteiger partial charge in [-0.25, -0.2) is 4.79 Å². The van der Waals surface area contributed by atoms with E-state index in [9.17, 15) is 4.79 Å². The van der Waals surface area contributed by atoms with Crippen LogP contribution in [0.1, 0.15) is 53.4 Å². The maximum Gasteiger partial charge on any atom is 0.333 e. The number of carbonyl (C=O) groups is 1. The minimum absolute atomic E-state index is 0.158. The van der Waals surface area contributed by atoms with Gasteiger partial charge in [0.25, 0.3) is 0 Å². The van der Waals surface area contributed by atoms with E-state index in [-0.39, 0.29) is 5.97 Å². The Morgan fingerprint density at radius 3 is 2.79 bits per heavy atom. The first-order valence-corrected chi connectivity index (χ1v) is 7.59. The molecule has 0 radical (unpaired) electrons. The summed E-state index contributed by atoms with van der Waals surface area (Å²) in [5, 5.41) is 0. The van der Waals surface area contributed by atoms with E-state index in [1.165, 1.54) is 25.7 Å². The monoisotopic (exact) mass is 262 g/mol. The lowest BCUT2D eigenvalue weighted by atomic mass is 9.71. The van der Waals surface area contributed by atoms with E-state index in [0.29, 0.717) is 12.5 Å². The zero-order chi connectivity index (χ0) is 14.0. The Balaban J connectivity index is 2.18. The largest absolute Gasteiger partial charge is 0.463 e. The SMILES string of the molecule is CCOC(=O)/C(C)=C/[C@@H]1CC[C@@H](C)C2CCC(C)=C21. The molecule has 0 spiro atoms. The summed E-state index contributed by atoms with van der Waals surface area (Å²) in [6, 6.07) is 0. The highest BCUT2D eigenvalue weighted by molar-refractivity contribution is 5.87. The first kappa shape index (κ1) is 14.4. The van der Waals surface area contributed by atoms with Crippen molar-refractivity contribution >= 4 is 5.97 Å². The predicted octanol–water partition coefficient (Wildman–Crippen LogP) is 4.27. The van der Waals surface area contributed by atoms with E-state index in [1.54, 1.807) is 11.1 Å². The number of fused-ring (bicyclic) bond motifs is 1. The standard InChI is InChI=1S/C17H26O2/c1-5-19-17(18)13(4)10-14-8-6-11(2)15-9-7-12(3)16(14)15/h10-11,14-15H,5-9H2,1-4H3/b13-10+/t11-,14+,15?/m1/s1. The van der Waals surface area contributed by atoms with E-state index >= 15 is 0 Å². The second-order valence-corrected chi connectivity index (χ2v) is 6.11. The summed E-state index contributed by atoms with van der Waals surface area (Å²) in [7, 11) is 0. The quantitative estimate of drug-likeness (QED) is 0.431. The molecule has 2 nitrogen and oxygen atoms in total. The van der Waals surface area contributed by atoms with E-state index in [4.69, 9.17) is 4.74 Å². The summed E-state index contributed by atoms with van der Waals surface area (Å²) < 4.78 is 5.08. The molecule has 1 fully saturated rings. The highest BCUT2D eigenvalue weighted by Gasteiger charge is 2.36. The Labute approximate surface area is 116 Å². The average molecular weight is 262 g/mol. The van der Waals surface area contributed by atoms with Gasteiger partial charge < -0.3 is 4.74 Å². The summed E-state index contributed by atoms with van der Waals surface area (Å²) >= 11 is 0. The smallest absolute Gasteiger partial charge is 0.333 e. The van der Waals surface area contributed by atoms with Crippen molar-refractivity contribution in [3.05, 3.63) is 22.8 Å². The Morgan fingerprint density at radius 1 is 1.37 bits per heavy atom. The Kier molecular flexibility index (Phi) is 4.49. The molecule has 0 aromatic heterocycles. The van der Waals surface area contributed by atoms with Gasteiger partial charge in [-0.05, 0) is 64.2 Å². The number of hydrogen-bond donors (Lipinski definition) is 0. The number of esters is 1. The highest BCUT2D eigenvalue weighted by Crippen LogP contribution is 2.48. The molecule has 19 heavy (non-hydrogen) atoms. The first-order valence-electron chi connectivity index (χ1n) is 7.59. The van der Waals surface area contributed by atoms with Gasteiger partial charge in [-0.1, -0.05) is 24.1 Å². The number of rotatable bonds is 3. The van der Waals surface area contributed by atoms with Gasteiger partial charge in [-0.3, -0.25) is 0 Å². The first-order chi connectivity index (χ1) is 9.04. The van der Waals surface area contributed by atoms with Gasteiger partial charge in [0.2, 0.25) is 0 Å². The molecule has 2 rings (SSSR count). The minimum atomic E-state index is -0.158. The topological polar surface area (TPSA) is 26.3 Å².